The highest BCUT2D eigenvalue weighted by Gasteiger charge is 2.23. The predicted molar refractivity (Wildman–Crippen MR) is 73.0 cm³/mol. The van der Waals surface area contributed by atoms with E-state index in [1.165, 1.54) is 12.1 Å². The molecule has 0 aliphatic carbocycles. The lowest BCUT2D eigenvalue weighted by Gasteiger charge is -2.07. The van der Waals surface area contributed by atoms with Gasteiger partial charge in [-0.3, -0.25) is 19.7 Å². The van der Waals surface area contributed by atoms with Crippen molar-refractivity contribution in [1.82, 2.24) is 0 Å². The standard InChI is InChI=1S/C11H10Cl2N2O5/c1-2-20-9(17)5-8(16)14-7-4-3-6(12)10(13)11(7)15(18)19/h3-4H,2,5H2,1H3,(H,14,16). The number of benzene rings is 1. The summed E-state index contributed by atoms with van der Waals surface area (Å²) in [4.78, 5) is 32.8. The molecule has 9 heteroatoms. The number of nitro groups is 1. The molecule has 1 rings (SSSR count). The molecule has 0 aliphatic heterocycles. The maximum absolute atomic E-state index is 11.6. The average molecular weight is 321 g/mol. The molecule has 0 unspecified atom stereocenters. The first-order valence-electron chi connectivity index (χ1n) is 5.44. The van der Waals surface area contributed by atoms with E-state index in [1.54, 1.807) is 6.92 Å². The van der Waals surface area contributed by atoms with E-state index in [2.05, 4.69) is 10.1 Å². The Labute approximate surface area is 124 Å². The van der Waals surface area contributed by atoms with Crippen LogP contribution in [0.3, 0.4) is 0 Å². The SMILES string of the molecule is CCOC(=O)CC(=O)Nc1ccc(Cl)c(Cl)c1[N+](=O)[O-]. The molecule has 1 N–H and O–H groups in total. The lowest BCUT2D eigenvalue weighted by molar-refractivity contribution is -0.383. The van der Waals surface area contributed by atoms with E-state index in [-0.39, 0.29) is 22.3 Å². The van der Waals surface area contributed by atoms with Crippen LogP contribution in [0, 0.1) is 10.1 Å². The van der Waals surface area contributed by atoms with Crippen LogP contribution in [0.4, 0.5) is 11.4 Å². The number of esters is 1. The number of anilines is 1. The van der Waals surface area contributed by atoms with Crippen LogP contribution in [0.15, 0.2) is 12.1 Å². The Morgan fingerprint density at radius 3 is 2.60 bits per heavy atom. The Morgan fingerprint density at radius 1 is 1.40 bits per heavy atom. The highest BCUT2D eigenvalue weighted by Crippen LogP contribution is 2.37. The minimum Gasteiger partial charge on any atom is -0.466 e. The maximum Gasteiger partial charge on any atom is 0.315 e. The van der Waals surface area contributed by atoms with Gasteiger partial charge in [0.1, 0.15) is 17.1 Å². The Kier molecular flexibility index (Phi) is 5.72. The number of nitro benzene ring substituents is 1. The number of nitrogens with zero attached hydrogens (tertiary/aromatic N) is 1. The van der Waals surface area contributed by atoms with Gasteiger partial charge in [0.25, 0.3) is 0 Å². The lowest BCUT2D eigenvalue weighted by Crippen LogP contribution is -2.18. The van der Waals surface area contributed by atoms with Crippen molar-refractivity contribution < 1.29 is 19.2 Å². The van der Waals surface area contributed by atoms with Gasteiger partial charge in [-0.2, -0.15) is 0 Å². The third-order valence-electron chi connectivity index (χ3n) is 2.14. The van der Waals surface area contributed by atoms with Gasteiger partial charge in [-0.1, -0.05) is 23.2 Å². The molecule has 0 aromatic heterocycles. The number of amides is 1. The number of halogens is 2. The summed E-state index contributed by atoms with van der Waals surface area (Å²) in [5.41, 5.74) is -0.671. The van der Waals surface area contributed by atoms with Gasteiger partial charge in [0.15, 0.2) is 0 Å². The number of ether oxygens (including phenoxy) is 1. The topological polar surface area (TPSA) is 98.5 Å². The van der Waals surface area contributed by atoms with E-state index in [1.807, 2.05) is 0 Å². The molecule has 7 nitrogen and oxygen atoms in total. The van der Waals surface area contributed by atoms with Crippen LogP contribution in [0.5, 0.6) is 0 Å². The van der Waals surface area contributed by atoms with Gasteiger partial charge >= 0.3 is 11.7 Å². The monoisotopic (exact) mass is 320 g/mol. The molecule has 0 bridgehead atoms. The summed E-state index contributed by atoms with van der Waals surface area (Å²) in [6.45, 7) is 1.73. The van der Waals surface area contributed by atoms with Crippen molar-refractivity contribution >= 4 is 46.5 Å². The van der Waals surface area contributed by atoms with Crippen molar-refractivity contribution in [3.05, 3.63) is 32.3 Å². The van der Waals surface area contributed by atoms with Crippen LogP contribution in [-0.2, 0) is 14.3 Å². The van der Waals surface area contributed by atoms with E-state index < -0.39 is 28.9 Å². The average Bonchev–Trinajstić information content (AvgIpc) is 2.33. The Hall–Kier alpha value is -1.86. The number of carbonyl (C=O) groups excluding carboxylic acids is 2. The lowest BCUT2D eigenvalue weighted by atomic mass is 10.2. The van der Waals surface area contributed by atoms with Gasteiger partial charge in [0.05, 0.1) is 16.6 Å². The Balaban J connectivity index is 2.93. The fourth-order valence-electron chi connectivity index (χ4n) is 1.36. The molecular formula is C11H10Cl2N2O5. The number of carbonyl (C=O) groups is 2. The molecule has 0 fully saturated rings. The number of hydrogen-bond donors (Lipinski definition) is 1. The molecule has 0 atom stereocenters. The second-order valence-corrected chi connectivity index (χ2v) is 4.33. The molecular weight excluding hydrogens is 311 g/mol. The van der Waals surface area contributed by atoms with E-state index in [4.69, 9.17) is 23.2 Å². The normalized spacial score (nSPS) is 9.95. The quantitative estimate of drug-likeness (QED) is 0.389. The largest absolute Gasteiger partial charge is 0.466 e. The smallest absolute Gasteiger partial charge is 0.315 e. The summed E-state index contributed by atoms with van der Waals surface area (Å²) < 4.78 is 4.59. The van der Waals surface area contributed by atoms with Crippen molar-refractivity contribution in [2.24, 2.45) is 0 Å². The summed E-state index contributed by atoms with van der Waals surface area (Å²) in [5.74, 6) is -1.47. The van der Waals surface area contributed by atoms with E-state index in [9.17, 15) is 19.7 Å². The van der Waals surface area contributed by atoms with Gasteiger partial charge in [0.2, 0.25) is 5.91 Å². The van der Waals surface area contributed by atoms with Crippen LogP contribution in [-0.4, -0.2) is 23.4 Å². The molecule has 20 heavy (non-hydrogen) atoms. The van der Waals surface area contributed by atoms with Crippen molar-refractivity contribution in [1.29, 1.82) is 0 Å². The fourth-order valence-corrected chi connectivity index (χ4v) is 1.74. The predicted octanol–water partition coefficient (Wildman–Crippen LogP) is 2.79. The summed E-state index contributed by atoms with van der Waals surface area (Å²) in [6.07, 6.45) is -0.550. The second-order valence-electron chi connectivity index (χ2n) is 3.54. The van der Waals surface area contributed by atoms with Gasteiger partial charge < -0.3 is 10.1 Å². The molecule has 1 aromatic carbocycles. The van der Waals surface area contributed by atoms with Crippen LogP contribution >= 0.6 is 23.2 Å². The zero-order valence-electron chi connectivity index (χ0n) is 10.3. The first-order valence-corrected chi connectivity index (χ1v) is 6.20. The van der Waals surface area contributed by atoms with Crippen LogP contribution in [0.2, 0.25) is 10.0 Å². The highest BCUT2D eigenvalue weighted by atomic mass is 35.5. The van der Waals surface area contributed by atoms with Crippen LogP contribution in [0.1, 0.15) is 13.3 Å². The van der Waals surface area contributed by atoms with Crippen molar-refractivity contribution in [2.75, 3.05) is 11.9 Å². The summed E-state index contributed by atoms with van der Waals surface area (Å²) >= 11 is 11.4. The van der Waals surface area contributed by atoms with Gasteiger partial charge in [-0.15, -0.1) is 0 Å². The highest BCUT2D eigenvalue weighted by molar-refractivity contribution is 6.43. The number of nitrogens with one attached hydrogen (secondary N) is 1. The zero-order chi connectivity index (χ0) is 15.3. The maximum atomic E-state index is 11.6. The second kappa shape index (κ2) is 7.06. The molecule has 0 heterocycles. The minimum absolute atomic E-state index is 0.0123. The summed E-state index contributed by atoms with van der Waals surface area (Å²) in [5, 5.41) is 12.8. The van der Waals surface area contributed by atoms with E-state index in [0.29, 0.717) is 0 Å². The fraction of sp³-hybridized carbons (Fsp3) is 0.273. The molecule has 108 valence electrons. The Bertz CT molecular complexity index is 562. The molecule has 0 radical (unpaired) electrons. The van der Waals surface area contributed by atoms with Crippen LogP contribution in [0.25, 0.3) is 0 Å². The minimum atomic E-state index is -0.770. The number of hydrogen-bond acceptors (Lipinski definition) is 5. The molecule has 0 saturated heterocycles. The first kappa shape index (κ1) is 16.2. The molecule has 1 aromatic rings. The molecule has 0 saturated carbocycles. The zero-order valence-corrected chi connectivity index (χ0v) is 11.8. The number of rotatable bonds is 5. The van der Waals surface area contributed by atoms with Crippen molar-refractivity contribution in [3.8, 4) is 0 Å². The van der Waals surface area contributed by atoms with Gasteiger partial charge in [-0.25, -0.2) is 0 Å². The van der Waals surface area contributed by atoms with Gasteiger partial charge in [-0.05, 0) is 19.1 Å². The van der Waals surface area contributed by atoms with Crippen molar-refractivity contribution in [2.45, 2.75) is 13.3 Å². The molecule has 0 aliphatic rings. The summed E-state index contributed by atoms with van der Waals surface area (Å²) in [6, 6.07) is 2.53. The first-order chi connectivity index (χ1) is 9.36. The van der Waals surface area contributed by atoms with E-state index >= 15 is 0 Å². The summed E-state index contributed by atoms with van der Waals surface area (Å²) in [7, 11) is 0. The third kappa shape index (κ3) is 4.07. The van der Waals surface area contributed by atoms with Gasteiger partial charge in [0, 0.05) is 0 Å². The molecule has 0 spiro atoms. The molecule has 1 amide bonds. The third-order valence-corrected chi connectivity index (χ3v) is 2.93. The Morgan fingerprint density at radius 2 is 2.05 bits per heavy atom. The van der Waals surface area contributed by atoms with Crippen molar-refractivity contribution in [3.63, 3.8) is 0 Å². The van der Waals surface area contributed by atoms with Crippen LogP contribution < -0.4 is 5.32 Å². The van der Waals surface area contributed by atoms with E-state index in [0.717, 1.165) is 0 Å².